The first kappa shape index (κ1) is 11.2. The van der Waals surface area contributed by atoms with Gasteiger partial charge in [0.15, 0.2) is 0 Å². The van der Waals surface area contributed by atoms with Gasteiger partial charge in [0.05, 0.1) is 17.7 Å². The minimum atomic E-state index is -0.609. The predicted molar refractivity (Wildman–Crippen MR) is 57.5 cm³/mol. The van der Waals surface area contributed by atoms with Gasteiger partial charge in [-0.05, 0) is 36.7 Å². The lowest BCUT2D eigenvalue weighted by molar-refractivity contribution is 0.169. The number of aliphatic hydroxyl groups excluding tert-OH is 1. The van der Waals surface area contributed by atoms with Crippen LogP contribution >= 0.6 is 15.9 Å². The molecule has 0 spiro atoms. The summed E-state index contributed by atoms with van der Waals surface area (Å²) < 4.78 is 0.803. The Balaban J connectivity index is 3.01. The second kappa shape index (κ2) is 5.11. The number of nitriles is 1. The largest absolute Gasteiger partial charge is 0.388 e. The lowest BCUT2D eigenvalue weighted by Crippen LogP contribution is -2.07. The lowest BCUT2D eigenvalue weighted by Gasteiger charge is -2.11. The Hall–Kier alpha value is -0.890. The molecule has 1 aromatic carbocycles. The third kappa shape index (κ3) is 2.55. The van der Waals surface area contributed by atoms with Crippen molar-refractivity contribution >= 4 is 15.9 Å². The van der Waals surface area contributed by atoms with E-state index in [0.717, 1.165) is 10.0 Å². The van der Waals surface area contributed by atoms with Gasteiger partial charge in [0.25, 0.3) is 0 Å². The summed E-state index contributed by atoms with van der Waals surface area (Å²) in [6.45, 7) is 0.421. The number of nitrogens with two attached hydrogens (primary N) is 1. The highest BCUT2D eigenvalue weighted by Gasteiger charge is 2.10. The Kier molecular flexibility index (Phi) is 4.08. The van der Waals surface area contributed by atoms with Gasteiger partial charge in [-0.1, -0.05) is 15.9 Å². The first-order valence-corrected chi connectivity index (χ1v) is 5.06. The molecule has 0 radical (unpaired) electrons. The van der Waals surface area contributed by atoms with Crippen molar-refractivity contribution in [3.05, 3.63) is 33.8 Å². The van der Waals surface area contributed by atoms with Crippen molar-refractivity contribution in [2.24, 2.45) is 5.73 Å². The Morgan fingerprint density at radius 2 is 2.29 bits per heavy atom. The predicted octanol–water partition coefficient (Wildman–Crippen LogP) is 1.70. The summed E-state index contributed by atoms with van der Waals surface area (Å²) in [6.07, 6.45) is -0.115. The standard InChI is InChI=1S/C10H11BrN2O/c11-9-2-1-7(6-13)5-8(9)10(14)3-4-12/h1-2,5,10,14H,3-4,12H2. The molecule has 0 aromatic heterocycles. The van der Waals surface area contributed by atoms with Gasteiger partial charge < -0.3 is 10.8 Å². The fourth-order valence-electron chi connectivity index (χ4n) is 1.18. The SMILES string of the molecule is N#Cc1ccc(Br)c(C(O)CCN)c1. The third-order valence-electron chi connectivity index (χ3n) is 1.92. The number of halogens is 1. The zero-order chi connectivity index (χ0) is 10.6. The average molecular weight is 255 g/mol. The summed E-state index contributed by atoms with van der Waals surface area (Å²) in [6, 6.07) is 7.15. The highest BCUT2D eigenvalue weighted by atomic mass is 79.9. The molecule has 0 aliphatic heterocycles. The molecule has 0 amide bonds. The van der Waals surface area contributed by atoms with Crippen LogP contribution in [0.4, 0.5) is 0 Å². The zero-order valence-electron chi connectivity index (χ0n) is 7.57. The Morgan fingerprint density at radius 1 is 1.57 bits per heavy atom. The molecule has 1 unspecified atom stereocenters. The molecule has 0 fully saturated rings. The van der Waals surface area contributed by atoms with Crippen LogP contribution in [-0.2, 0) is 0 Å². The van der Waals surface area contributed by atoms with E-state index in [1.807, 2.05) is 6.07 Å². The fraction of sp³-hybridized carbons (Fsp3) is 0.300. The van der Waals surface area contributed by atoms with Crippen LogP contribution < -0.4 is 5.73 Å². The van der Waals surface area contributed by atoms with Gasteiger partial charge in [0, 0.05) is 4.47 Å². The summed E-state index contributed by atoms with van der Waals surface area (Å²) in [4.78, 5) is 0. The molecular weight excluding hydrogens is 244 g/mol. The number of rotatable bonds is 3. The van der Waals surface area contributed by atoms with Gasteiger partial charge in [-0.15, -0.1) is 0 Å². The van der Waals surface area contributed by atoms with E-state index in [1.165, 1.54) is 0 Å². The first-order chi connectivity index (χ1) is 6.69. The molecule has 0 saturated heterocycles. The molecule has 74 valence electrons. The van der Waals surface area contributed by atoms with Gasteiger partial charge in [0.2, 0.25) is 0 Å². The second-order valence-corrected chi connectivity index (χ2v) is 3.80. The zero-order valence-corrected chi connectivity index (χ0v) is 9.16. The number of benzene rings is 1. The molecule has 3 nitrogen and oxygen atoms in total. The number of hydrogen-bond acceptors (Lipinski definition) is 3. The van der Waals surface area contributed by atoms with Crippen molar-refractivity contribution in [1.82, 2.24) is 0 Å². The second-order valence-electron chi connectivity index (χ2n) is 2.94. The Labute approximate surface area is 91.3 Å². The summed E-state index contributed by atoms with van der Waals surface area (Å²) in [5.74, 6) is 0. The summed E-state index contributed by atoms with van der Waals surface area (Å²) in [5, 5.41) is 18.4. The summed E-state index contributed by atoms with van der Waals surface area (Å²) in [7, 11) is 0. The topological polar surface area (TPSA) is 70.0 Å². The fourth-order valence-corrected chi connectivity index (χ4v) is 1.69. The number of nitrogens with zero attached hydrogens (tertiary/aromatic N) is 1. The molecule has 0 heterocycles. The van der Waals surface area contributed by atoms with Crippen molar-refractivity contribution < 1.29 is 5.11 Å². The van der Waals surface area contributed by atoms with E-state index >= 15 is 0 Å². The van der Waals surface area contributed by atoms with Crippen molar-refractivity contribution in [3.8, 4) is 6.07 Å². The third-order valence-corrected chi connectivity index (χ3v) is 2.65. The van der Waals surface area contributed by atoms with E-state index in [4.69, 9.17) is 11.0 Å². The number of aliphatic hydroxyl groups is 1. The maximum absolute atomic E-state index is 9.70. The minimum absolute atomic E-state index is 0.421. The van der Waals surface area contributed by atoms with Gasteiger partial charge >= 0.3 is 0 Å². The van der Waals surface area contributed by atoms with Crippen LogP contribution in [0.1, 0.15) is 23.7 Å². The molecular formula is C10H11BrN2O. The van der Waals surface area contributed by atoms with Crippen molar-refractivity contribution in [1.29, 1.82) is 5.26 Å². The van der Waals surface area contributed by atoms with E-state index in [2.05, 4.69) is 15.9 Å². The van der Waals surface area contributed by atoms with Crippen molar-refractivity contribution in [3.63, 3.8) is 0 Å². The Bertz CT molecular complexity index is 360. The first-order valence-electron chi connectivity index (χ1n) is 4.26. The maximum Gasteiger partial charge on any atom is 0.0991 e. The van der Waals surface area contributed by atoms with Crippen LogP contribution in [0.15, 0.2) is 22.7 Å². The molecule has 0 aliphatic rings. The normalized spacial score (nSPS) is 12.1. The highest BCUT2D eigenvalue weighted by molar-refractivity contribution is 9.10. The van der Waals surface area contributed by atoms with E-state index in [0.29, 0.717) is 18.5 Å². The molecule has 14 heavy (non-hydrogen) atoms. The van der Waals surface area contributed by atoms with Crippen LogP contribution in [0.25, 0.3) is 0 Å². The molecule has 0 aliphatic carbocycles. The van der Waals surface area contributed by atoms with E-state index < -0.39 is 6.10 Å². The van der Waals surface area contributed by atoms with Gasteiger partial charge in [-0.2, -0.15) is 5.26 Å². The van der Waals surface area contributed by atoms with Gasteiger partial charge in [0.1, 0.15) is 0 Å². The van der Waals surface area contributed by atoms with Crippen LogP contribution in [0, 0.1) is 11.3 Å². The van der Waals surface area contributed by atoms with Crippen LogP contribution in [0.3, 0.4) is 0 Å². The smallest absolute Gasteiger partial charge is 0.0991 e. The van der Waals surface area contributed by atoms with Gasteiger partial charge in [-0.25, -0.2) is 0 Å². The molecule has 1 aromatic rings. The van der Waals surface area contributed by atoms with E-state index in [1.54, 1.807) is 18.2 Å². The molecule has 3 N–H and O–H groups in total. The monoisotopic (exact) mass is 254 g/mol. The lowest BCUT2D eigenvalue weighted by atomic mass is 10.0. The van der Waals surface area contributed by atoms with E-state index in [9.17, 15) is 5.11 Å². The minimum Gasteiger partial charge on any atom is -0.388 e. The van der Waals surface area contributed by atoms with Gasteiger partial charge in [-0.3, -0.25) is 0 Å². The average Bonchev–Trinajstić information content (AvgIpc) is 2.19. The molecule has 1 atom stereocenters. The quantitative estimate of drug-likeness (QED) is 0.863. The number of hydrogen-bond donors (Lipinski definition) is 2. The van der Waals surface area contributed by atoms with E-state index in [-0.39, 0.29) is 0 Å². The Morgan fingerprint density at radius 3 is 2.86 bits per heavy atom. The highest BCUT2D eigenvalue weighted by Crippen LogP contribution is 2.26. The summed E-state index contributed by atoms with van der Waals surface area (Å²) in [5.41, 5.74) is 6.61. The maximum atomic E-state index is 9.70. The molecule has 0 saturated carbocycles. The van der Waals surface area contributed by atoms with Crippen LogP contribution in [-0.4, -0.2) is 11.7 Å². The summed E-state index contributed by atoms with van der Waals surface area (Å²) >= 11 is 3.32. The van der Waals surface area contributed by atoms with Crippen LogP contribution in [0.2, 0.25) is 0 Å². The molecule has 1 rings (SSSR count). The molecule has 0 bridgehead atoms. The van der Waals surface area contributed by atoms with Crippen molar-refractivity contribution in [2.45, 2.75) is 12.5 Å². The van der Waals surface area contributed by atoms with Crippen molar-refractivity contribution in [2.75, 3.05) is 6.54 Å². The van der Waals surface area contributed by atoms with Crippen LogP contribution in [0.5, 0.6) is 0 Å². The molecule has 4 heteroatoms.